The number of rotatable bonds is 3. The molecular formula is C15H11N5O3. The molecule has 0 spiro atoms. The lowest BCUT2D eigenvalue weighted by molar-refractivity contribution is -0.384. The minimum absolute atomic E-state index is 0.0361. The number of benzene rings is 1. The maximum atomic E-state index is 10.8. The van der Waals surface area contributed by atoms with Crippen LogP contribution in [0.4, 0.5) is 11.5 Å². The quantitative estimate of drug-likeness (QED) is 0.671. The van der Waals surface area contributed by atoms with E-state index in [9.17, 15) is 20.5 Å². The van der Waals surface area contributed by atoms with Crippen molar-refractivity contribution in [3.63, 3.8) is 0 Å². The van der Waals surface area contributed by atoms with E-state index >= 15 is 0 Å². The molecule has 0 aliphatic carbocycles. The van der Waals surface area contributed by atoms with Crippen molar-refractivity contribution in [2.45, 2.75) is 12.0 Å². The molecule has 0 saturated carbocycles. The maximum Gasteiger partial charge on any atom is 0.270 e. The number of pyridine rings is 1. The first kappa shape index (κ1) is 14.7. The van der Waals surface area contributed by atoms with Crippen LogP contribution in [0.2, 0.25) is 0 Å². The van der Waals surface area contributed by atoms with Crippen molar-refractivity contribution in [2.75, 3.05) is 18.0 Å². The molecule has 1 aliphatic heterocycles. The Morgan fingerprint density at radius 1 is 1.39 bits per heavy atom. The number of nitriles is 2. The van der Waals surface area contributed by atoms with Gasteiger partial charge in [0.05, 0.1) is 47.7 Å². The molecule has 1 aromatic carbocycles. The SMILES string of the molecule is N#CCC1(O)CN(c2cc(C#N)c3cc([N+](=O)[O-])ccc3n2)C1. The number of aromatic nitrogens is 1. The van der Waals surface area contributed by atoms with Crippen LogP contribution in [0.25, 0.3) is 10.9 Å². The largest absolute Gasteiger partial charge is 0.385 e. The normalized spacial score (nSPS) is 15.5. The number of β-amino-alcohol motifs (C(OH)–C–C–N with tert-alkyl or cyclic N) is 1. The third kappa shape index (κ3) is 2.52. The van der Waals surface area contributed by atoms with E-state index in [0.29, 0.717) is 16.7 Å². The standard InChI is InChI=1S/C15H11N5O3/c16-4-3-15(21)8-19(9-15)14-5-10(7-17)12-6-11(20(22)23)1-2-13(12)18-14/h1-2,5-6,21H,3,8-9H2. The fourth-order valence-electron chi connectivity index (χ4n) is 2.65. The molecule has 0 atom stereocenters. The Labute approximate surface area is 131 Å². The Bertz CT molecular complexity index is 890. The second-order valence-corrected chi connectivity index (χ2v) is 5.51. The van der Waals surface area contributed by atoms with Gasteiger partial charge in [0, 0.05) is 17.5 Å². The molecule has 3 rings (SSSR count). The van der Waals surface area contributed by atoms with E-state index in [0.717, 1.165) is 0 Å². The van der Waals surface area contributed by atoms with Crippen LogP contribution in [0.1, 0.15) is 12.0 Å². The van der Waals surface area contributed by atoms with E-state index in [2.05, 4.69) is 4.98 Å². The predicted molar refractivity (Wildman–Crippen MR) is 80.5 cm³/mol. The molecule has 0 radical (unpaired) electrons. The third-order valence-corrected chi connectivity index (χ3v) is 3.81. The molecule has 0 bridgehead atoms. The fourth-order valence-corrected chi connectivity index (χ4v) is 2.65. The van der Waals surface area contributed by atoms with E-state index in [4.69, 9.17) is 5.26 Å². The Morgan fingerprint density at radius 3 is 2.74 bits per heavy atom. The molecule has 8 heteroatoms. The zero-order valence-corrected chi connectivity index (χ0v) is 11.9. The van der Waals surface area contributed by atoms with Crippen molar-refractivity contribution in [3.05, 3.63) is 39.9 Å². The number of anilines is 1. The smallest absolute Gasteiger partial charge is 0.270 e. The Morgan fingerprint density at radius 2 is 2.13 bits per heavy atom. The highest BCUT2D eigenvalue weighted by atomic mass is 16.6. The molecule has 1 aromatic heterocycles. The van der Waals surface area contributed by atoms with Gasteiger partial charge >= 0.3 is 0 Å². The molecule has 1 fully saturated rings. The number of non-ortho nitro benzene ring substituents is 1. The van der Waals surface area contributed by atoms with E-state index in [1.807, 2.05) is 12.1 Å². The molecule has 0 amide bonds. The van der Waals surface area contributed by atoms with E-state index in [-0.39, 0.29) is 30.8 Å². The molecule has 114 valence electrons. The fraction of sp³-hybridized carbons (Fsp3) is 0.267. The summed E-state index contributed by atoms with van der Waals surface area (Å²) in [6.07, 6.45) is 0.0361. The first-order valence-electron chi connectivity index (χ1n) is 6.79. The number of fused-ring (bicyclic) bond motifs is 1. The van der Waals surface area contributed by atoms with Crippen LogP contribution in [0.3, 0.4) is 0 Å². The number of hydrogen-bond acceptors (Lipinski definition) is 7. The van der Waals surface area contributed by atoms with Crippen LogP contribution in [0.15, 0.2) is 24.3 Å². The monoisotopic (exact) mass is 309 g/mol. The summed E-state index contributed by atoms with van der Waals surface area (Å²) in [4.78, 5) is 16.5. The van der Waals surface area contributed by atoms with Crippen molar-refractivity contribution < 1.29 is 10.0 Å². The molecule has 2 heterocycles. The lowest BCUT2D eigenvalue weighted by Crippen LogP contribution is -2.62. The zero-order chi connectivity index (χ0) is 16.6. The lowest BCUT2D eigenvalue weighted by atomic mass is 9.91. The van der Waals surface area contributed by atoms with Crippen LogP contribution in [-0.4, -0.2) is 33.7 Å². The van der Waals surface area contributed by atoms with Gasteiger partial charge in [-0.25, -0.2) is 4.98 Å². The first-order valence-corrected chi connectivity index (χ1v) is 6.79. The molecule has 23 heavy (non-hydrogen) atoms. The summed E-state index contributed by atoms with van der Waals surface area (Å²) in [5.41, 5.74) is -0.395. The Balaban J connectivity index is 1.99. The Hall–Kier alpha value is -3.23. The topological polar surface area (TPSA) is 127 Å². The lowest BCUT2D eigenvalue weighted by Gasteiger charge is -2.46. The van der Waals surface area contributed by atoms with Gasteiger partial charge in [0.1, 0.15) is 11.4 Å². The summed E-state index contributed by atoms with van der Waals surface area (Å²) < 4.78 is 0. The van der Waals surface area contributed by atoms with Gasteiger partial charge in [-0.1, -0.05) is 0 Å². The minimum atomic E-state index is -1.05. The average Bonchev–Trinajstić information content (AvgIpc) is 2.50. The summed E-state index contributed by atoms with van der Waals surface area (Å²) in [7, 11) is 0. The van der Waals surface area contributed by atoms with Crippen molar-refractivity contribution in [1.82, 2.24) is 4.98 Å². The molecule has 2 aromatic rings. The third-order valence-electron chi connectivity index (χ3n) is 3.81. The van der Waals surface area contributed by atoms with Gasteiger partial charge in [-0.2, -0.15) is 10.5 Å². The molecule has 1 N–H and O–H groups in total. The number of nitro groups is 1. The van der Waals surface area contributed by atoms with Gasteiger partial charge in [-0.15, -0.1) is 0 Å². The van der Waals surface area contributed by atoms with Gasteiger partial charge < -0.3 is 10.0 Å². The van der Waals surface area contributed by atoms with Crippen molar-refractivity contribution in [2.24, 2.45) is 0 Å². The van der Waals surface area contributed by atoms with Gasteiger partial charge in [-0.3, -0.25) is 10.1 Å². The number of nitro benzene ring substituents is 1. The van der Waals surface area contributed by atoms with E-state index in [1.54, 1.807) is 4.90 Å². The number of aliphatic hydroxyl groups is 1. The Kier molecular flexibility index (Phi) is 3.32. The summed E-state index contributed by atoms with van der Waals surface area (Å²) >= 11 is 0. The van der Waals surface area contributed by atoms with E-state index < -0.39 is 10.5 Å². The predicted octanol–water partition coefficient (Wildman–Crippen LogP) is 1.48. The van der Waals surface area contributed by atoms with Crippen LogP contribution < -0.4 is 4.90 Å². The maximum absolute atomic E-state index is 10.8. The second-order valence-electron chi connectivity index (χ2n) is 5.51. The number of nitrogens with zero attached hydrogens (tertiary/aromatic N) is 5. The number of hydrogen-bond donors (Lipinski definition) is 1. The highest BCUT2D eigenvalue weighted by Crippen LogP contribution is 2.32. The zero-order valence-electron chi connectivity index (χ0n) is 11.9. The molecular weight excluding hydrogens is 298 g/mol. The van der Waals surface area contributed by atoms with Crippen LogP contribution in [0.5, 0.6) is 0 Å². The van der Waals surface area contributed by atoms with Crippen LogP contribution in [-0.2, 0) is 0 Å². The molecule has 0 unspecified atom stereocenters. The van der Waals surface area contributed by atoms with Gasteiger partial charge in [-0.05, 0) is 12.1 Å². The minimum Gasteiger partial charge on any atom is -0.385 e. The van der Waals surface area contributed by atoms with Gasteiger partial charge in [0.15, 0.2) is 0 Å². The highest BCUT2D eigenvalue weighted by Gasteiger charge is 2.41. The van der Waals surface area contributed by atoms with E-state index in [1.165, 1.54) is 24.3 Å². The highest BCUT2D eigenvalue weighted by molar-refractivity contribution is 5.88. The summed E-state index contributed by atoms with van der Waals surface area (Å²) in [6, 6.07) is 9.66. The van der Waals surface area contributed by atoms with Gasteiger partial charge in [0.25, 0.3) is 5.69 Å². The summed E-state index contributed by atoms with van der Waals surface area (Å²) in [5.74, 6) is 0.505. The average molecular weight is 309 g/mol. The molecule has 1 aliphatic rings. The second kappa shape index (κ2) is 5.20. The summed E-state index contributed by atoms with van der Waals surface area (Å²) in [6.45, 7) is 0.522. The van der Waals surface area contributed by atoms with Crippen molar-refractivity contribution in [1.29, 1.82) is 10.5 Å². The van der Waals surface area contributed by atoms with Crippen LogP contribution in [0, 0.1) is 32.8 Å². The first-order chi connectivity index (χ1) is 11.0. The summed E-state index contributed by atoms with van der Waals surface area (Å²) in [5, 5.41) is 39.3. The van der Waals surface area contributed by atoms with Crippen molar-refractivity contribution >= 4 is 22.4 Å². The van der Waals surface area contributed by atoms with Gasteiger partial charge in [0.2, 0.25) is 0 Å². The molecule has 1 saturated heterocycles. The van der Waals surface area contributed by atoms with Crippen LogP contribution >= 0.6 is 0 Å². The van der Waals surface area contributed by atoms with Crippen molar-refractivity contribution in [3.8, 4) is 12.1 Å². The molecule has 8 nitrogen and oxygen atoms in total.